The summed E-state index contributed by atoms with van der Waals surface area (Å²) in [5.41, 5.74) is 10.7. The number of esters is 1. The van der Waals surface area contributed by atoms with Crippen molar-refractivity contribution >= 4 is 44.5 Å². The third-order valence-corrected chi connectivity index (χ3v) is 7.30. The van der Waals surface area contributed by atoms with Gasteiger partial charge in [-0.3, -0.25) is 0 Å². The molecule has 5 rings (SSSR count). The minimum absolute atomic E-state index is 0.416. The number of aromatic nitrogens is 1. The highest BCUT2D eigenvalue weighted by molar-refractivity contribution is 7.21. The van der Waals surface area contributed by atoms with Crippen molar-refractivity contribution < 1.29 is 9.53 Å². The smallest absolute Gasteiger partial charge is 0.355 e. The van der Waals surface area contributed by atoms with Gasteiger partial charge in [-0.1, -0.05) is 24.3 Å². The molecule has 0 bridgehead atoms. The lowest BCUT2D eigenvalue weighted by Crippen LogP contribution is -2.11. The molecule has 1 aromatic carbocycles. The maximum atomic E-state index is 12.8. The first kappa shape index (κ1) is 18.3. The van der Waals surface area contributed by atoms with Crippen molar-refractivity contribution in [3.63, 3.8) is 0 Å². The number of benzene rings is 1. The van der Waals surface area contributed by atoms with E-state index in [-0.39, 0.29) is 0 Å². The van der Waals surface area contributed by atoms with Crippen LogP contribution in [-0.4, -0.2) is 11.0 Å². The molecule has 4 aromatic rings. The largest absolute Gasteiger partial charge is 0.422 e. The van der Waals surface area contributed by atoms with Crippen LogP contribution in [0.1, 0.15) is 44.2 Å². The zero-order valence-electron chi connectivity index (χ0n) is 15.8. The van der Waals surface area contributed by atoms with Crippen LogP contribution in [0.3, 0.4) is 0 Å². The zero-order valence-corrected chi connectivity index (χ0v) is 17.4. The molecule has 6 heteroatoms. The molecule has 3 heterocycles. The molecule has 1 aliphatic rings. The molecular weight excluding hydrogens is 400 g/mol. The van der Waals surface area contributed by atoms with Crippen LogP contribution < -0.4 is 10.5 Å². The molecule has 0 unspecified atom stereocenters. The first-order chi connectivity index (χ1) is 14.2. The van der Waals surface area contributed by atoms with Gasteiger partial charge in [-0.15, -0.1) is 22.7 Å². The molecule has 4 nitrogen and oxygen atoms in total. The van der Waals surface area contributed by atoms with E-state index < -0.39 is 5.97 Å². The number of aryl methyl sites for hydroxylation is 1. The normalized spacial score (nSPS) is 13.4. The van der Waals surface area contributed by atoms with E-state index in [2.05, 4.69) is 17.5 Å². The summed E-state index contributed by atoms with van der Waals surface area (Å²) in [5.74, 6) is 0.101. The number of nitrogen functional groups attached to an aromatic ring is 1. The third kappa shape index (κ3) is 3.43. The fourth-order valence-electron chi connectivity index (χ4n) is 4.01. The lowest BCUT2D eigenvalue weighted by molar-refractivity contribution is 0.0741. The number of ether oxygens (including phenoxy) is 1. The maximum absolute atomic E-state index is 12.8. The van der Waals surface area contributed by atoms with E-state index in [4.69, 9.17) is 15.5 Å². The third-order valence-electron chi connectivity index (χ3n) is 5.34. The van der Waals surface area contributed by atoms with Crippen LogP contribution in [0.2, 0.25) is 0 Å². The van der Waals surface area contributed by atoms with Gasteiger partial charge in [0.05, 0.1) is 11.4 Å². The van der Waals surface area contributed by atoms with Gasteiger partial charge in [-0.05, 0) is 60.4 Å². The minimum Gasteiger partial charge on any atom is -0.422 e. The van der Waals surface area contributed by atoms with Gasteiger partial charge in [0, 0.05) is 16.7 Å². The Bertz CT molecular complexity index is 1180. The van der Waals surface area contributed by atoms with E-state index >= 15 is 0 Å². The second kappa shape index (κ2) is 7.61. The van der Waals surface area contributed by atoms with Crippen LogP contribution >= 0.6 is 22.7 Å². The van der Waals surface area contributed by atoms with Gasteiger partial charge in [-0.25, -0.2) is 9.78 Å². The van der Waals surface area contributed by atoms with E-state index in [9.17, 15) is 4.79 Å². The Kier molecular flexibility index (Phi) is 4.81. The van der Waals surface area contributed by atoms with E-state index in [0.717, 1.165) is 41.6 Å². The number of para-hydroxylation sites is 1. The zero-order chi connectivity index (χ0) is 19.8. The molecule has 0 fully saturated rings. The number of carbonyl (C=O) groups is 1. The molecule has 1 aliphatic carbocycles. The van der Waals surface area contributed by atoms with E-state index in [1.54, 1.807) is 23.5 Å². The number of anilines is 1. The van der Waals surface area contributed by atoms with Gasteiger partial charge in [0.25, 0.3) is 0 Å². The Hall–Kier alpha value is -2.70. The molecule has 0 saturated carbocycles. The number of pyridine rings is 1. The molecule has 146 valence electrons. The number of hydrogen-bond donors (Lipinski definition) is 1. The molecular formula is C23H20N2O2S2. The predicted molar refractivity (Wildman–Crippen MR) is 119 cm³/mol. The summed E-state index contributed by atoms with van der Waals surface area (Å²) in [4.78, 5) is 20.4. The summed E-state index contributed by atoms with van der Waals surface area (Å²) in [5, 5.41) is 3.06. The Labute approximate surface area is 177 Å². The first-order valence-electron chi connectivity index (χ1n) is 9.73. The summed E-state index contributed by atoms with van der Waals surface area (Å²) in [6.07, 6.45) is 5.16. The number of fused-ring (bicyclic) bond motifs is 3. The van der Waals surface area contributed by atoms with Gasteiger partial charge < -0.3 is 10.5 Å². The van der Waals surface area contributed by atoms with Gasteiger partial charge in [0.15, 0.2) is 0 Å². The van der Waals surface area contributed by atoms with Gasteiger partial charge in [-0.2, -0.15) is 0 Å². The Morgan fingerprint density at radius 3 is 2.62 bits per heavy atom. The van der Waals surface area contributed by atoms with Gasteiger partial charge >= 0.3 is 5.97 Å². The summed E-state index contributed by atoms with van der Waals surface area (Å²) in [7, 11) is 0. The van der Waals surface area contributed by atoms with Gasteiger partial charge in [0.2, 0.25) is 0 Å². The van der Waals surface area contributed by atoms with Crippen molar-refractivity contribution in [1.29, 1.82) is 0 Å². The van der Waals surface area contributed by atoms with E-state index in [1.807, 2.05) is 18.2 Å². The standard InChI is InChI=1S/C23H20N2O2S2/c24-20-19-17-11-5-4-10-16(17)18(13-15-9-6-12-28-15)25-22(19)29-21(20)23(26)27-14-7-2-1-3-8-14/h1-3,6-9,12H,4-5,10-11,13,24H2. The summed E-state index contributed by atoms with van der Waals surface area (Å²) in [6, 6.07) is 13.3. The lowest BCUT2D eigenvalue weighted by atomic mass is 9.88. The van der Waals surface area contributed by atoms with Crippen molar-refractivity contribution in [2.24, 2.45) is 0 Å². The van der Waals surface area contributed by atoms with E-state index in [0.29, 0.717) is 16.3 Å². The summed E-state index contributed by atoms with van der Waals surface area (Å²) >= 11 is 3.10. The lowest BCUT2D eigenvalue weighted by Gasteiger charge is -2.20. The fourth-order valence-corrected chi connectivity index (χ4v) is 5.74. The molecule has 2 N–H and O–H groups in total. The molecule has 0 spiro atoms. The number of nitrogens with zero attached hydrogens (tertiary/aromatic N) is 1. The molecule has 0 atom stereocenters. The molecule has 0 aliphatic heterocycles. The molecule has 3 aromatic heterocycles. The molecule has 29 heavy (non-hydrogen) atoms. The molecule has 0 amide bonds. The number of nitrogens with two attached hydrogens (primary N) is 1. The highest BCUT2D eigenvalue weighted by Crippen LogP contribution is 2.40. The van der Waals surface area contributed by atoms with Crippen molar-refractivity contribution in [1.82, 2.24) is 4.98 Å². The van der Waals surface area contributed by atoms with Crippen molar-refractivity contribution in [2.75, 3.05) is 5.73 Å². The Balaban J connectivity index is 1.59. The van der Waals surface area contributed by atoms with Gasteiger partial charge in [0.1, 0.15) is 15.5 Å². The number of hydrogen-bond acceptors (Lipinski definition) is 6. The van der Waals surface area contributed by atoms with Crippen LogP contribution in [0, 0.1) is 0 Å². The highest BCUT2D eigenvalue weighted by atomic mass is 32.1. The van der Waals surface area contributed by atoms with Crippen molar-refractivity contribution in [2.45, 2.75) is 32.1 Å². The molecule has 0 saturated heterocycles. The predicted octanol–water partition coefficient (Wildman–Crippen LogP) is 5.63. The minimum atomic E-state index is -0.416. The fraction of sp³-hybridized carbons (Fsp3) is 0.217. The highest BCUT2D eigenvalue weighted by Gasteiger charge is 2.26. The monoisotopic (exact) mass is 420 g/mol. The second-order valence-corrected chi connectivity index (χ2v) is 9.24. The van der Waals surface area contributed by atoms with Crippen LogP contribution in [0.25, 0.3) is 10.2 Å². The van der Waals surface area contributed by atoms with Crippen LogP contribution in [0.5, 0.6) is 5.75 Å². The molecule has 0 radical (unpaired) electrons. The van der Waals surface area contributed by atoms with Crippen molar-refractivity contribution in [3.8, 4) is 5.75 Å². The average molecular weight is 421 g/mol. The van der Waals surface area contributed by atoms with E-state index in [1.165, 1.54) is 33.8 Å². The SMILES string of the molecule is Nc1c(C(=O)Oc2ccccc2)sc2nc(Cc3cccs3)c3c(c12)CCCC3. The number of thiophene rings is 2. The maximum Gasteiger partial charge on any atom is 0.355 e. The number of rotatable bonds is 4. The van der Waals surface area contributed by atoms with Crippen LogP contribution in [-0.2, 0) is 19.3 Å². The second-order valence-electron chi connectivity index (χ2n) is 7.21. The topological polar surface area (TPSA) is 65.2 Å². The van der Waals surface area contributed by atoms with Crippen molar-refractivity contribution in [3.05, 3.63) is 74.4 Å². The summed E-state index contributed by atoms with van der Waals surface area (Å²) < 4.78 is 5.54. The number of carbonyl (C=O) groups excluding carboxylic acids is 1. The van der Waals surface area contributed by atoms with Crippen LogP contribution in [0.15, 0.2) is 47.8 Å². The average Bonchev–Trinajstić information content (AvgIpc) is 3.37. The first-order valence-corrected chi connectivity index (χ1v) is 11.4. The quantitative estimate of drug-likeness (QED) is 0.343. The Morgan fingerprint density at radius 2 is 1.86 bits per heavy atom. The van der Waals surface area contributed by atoms with Crippen LogP contribution in [0.4, 0.5) is 5.69 Å². The summed E-state index contributed by atoms with van der Waals surface area (Å²) in [6.45, 7) is 0. The Morgan fingerprint density at radius 1 is 1.07 bits per heavy atom.